The Labute approximate surface area is 205 Å². The van der Waals surface area contributed by atoms with Gasteiger partial charge < -0.3 is 24.8 Å². The van der Waals surface area contributed by atoms with Crippen LogP contribution in [0.1, 0.15) is 20.8 Å². The summed E-state index contributed by atoms with van der Waals surface area (Å²) in [5.41, 5.74) is 1.18. The normalized spacial score (nSPS) is 19.7. The van der Waals surface area contributed by atoms with E-state index < -0.39 is 0 Å². The first-order valence-electron chi connectivity index (χ1n) is 11.5. The number of guanidine groups is 1. The molecule has 0 radical (unpaired) electrons. The van der Waals surface area contributed by atoms with Gasteiger partial charge in [-0.2, -0.15) is 0 Å². The minimum atomic E-state index is 0. The highest BCUT2D eigenvalue weighted by molar-refractivity contribution is 14.0. The molecule has 1 aromatic carbocycles. The largest absolute Gasteiger partial charge is 0.495 e. The lowest BCUT2D eigenvalue weighted by Gasteiger charge is -2.39. The van der Waals surface area contributed by atoms with Crippen LogP contribution in [0.4, 0.5) is 5.69 Å². The van der Waals surface area contributed by atoms with Gasteiger partial charge in [0.05, 0.1) is 19.3 Å². The Bertz CT molecular complexity index is 672. The molecule has 0 aliphatic carbocycles. The number of likely N-dealkylation sites (N-methyl/N-ethyl adjacent to an activating group) is 1. The van der Waals surface area contributed by atoms with Crippen LogP contribution >= 0.6 is 24.0 Å². The number of piperazine rings is 2. The molecule has 31 heavy (non-hydrogen) atoms. The van der Waals surface area contributed by atoms with E-state index >= 15 is 0 Å². The minimum absolute atomic E-state index is 0. The maximum atomic E-state index is 5.55. The van der Waals surface area contributed by atoms with Crippen LogP contribution < -0.4 is 15.0 Å². The van der Waals surface area contributed by atoms with Gasteiger partial charge in [-0.1, -0.05) is 19.1 Å². The number of para-hydroxylation sites is 2. The van der Waals surface area contributed by atoms with Gasteiger partial charge in [0.2, 0.25) is 0 Å². The molecule has 7 nitrogen and oxygen atoms in total. The fourth-order valence-corrected chi connectivity index (χ4v) is 4.33. The summed E-state index contributed by atoms with van der Waals surface area (Å²) in [5.74, 6) is 2.00. The number of hydrogen-bond acceptors (Lipinski definition) is 5. The maximum absolute atomic E-state index is 5.55. The summed E-state index contributed by atoms with van der Waals surface area (Å²) in [5, 5.41) is 3.51. The second-order valence-electron chi connectivity index (χ2n) is 8.16. The monoisotopic (exact) mass is 544 g/mol. The van der Waals surface area contributed by atoms with Crippen molar-refractivity contribution in [2.75, 3.05) is 84.0 Å². The number of ether oxygens (including phenoxy) is 1. The fraction of sp³-hybridized carbons (Fsp3) is 0.696. The van der Waals surface area contributed by atoms with Gasteiger partial charge in [-0.3, -0.25) is 9.89 Å². The molecule has 176 valence electrons. The van der Waals surface area contributed by atoms with Crippen LogP contribution in [0.25, 0.3) is 0 Å². The van der Waals surface area contributed by atoms with Crippen LogP contribution in [0.2, 0.25) is 0 Å². The Hall–Kier alpha value is -1.26. The summed E-state index contributed by atoms with van der Waals surface area (Å²) in [7, 11) is 1.74. The van der Waals surface area contributed by atoms with E-state index in [0.717, 1.165) is 70.6 Å². The van der Waals surface area contributed by atoms with Crippen molar-refractivity contribution < 1.29 is 4.74 Å². The lowest BCUT2D eigenvalue weighted by atomic mass is 10.2. The Morgan fingerprint density at radius 1 is 1.03 bits per heavy atom. The average Bonchev–Trinajstić information content (AvgIpc) is 2.81. The highest BCUT2D eigenvalue weighted by Gasteiger charge is 2.23. The third-order valence-electron chi connectivity index (χ3n) is 6.32. The van der Waals surface area contributed by atoms with Gasteiger partial charge in [-0.25, -0.2) is 0 Å². The Morgan fingerprint density at radius 3 is 2.32 bits per heavy atom. The second-order valence-corrected chi connectivity index (χ2v) is 8.16. The van der Waals surface area contributed by atoms with Gasteiger partial charge in [0.1, 0.15) is 5.75 Å². The number of nitrogens with one attached hydrogen (secondary N) is 1. The molecular formula is C23H41IN6O. The van der Waals surface area contributed by atoms with E-state index in [2.05, 4.69) is 57.8 Å². The van der Waals surface area contributed by atoms with Crippen LogP contribution in [0.15, 0.2) is 29.3 Å². The molecular weight excluding hydrogens is 503 g/mol. The Kier molecular flexibility index (Phi) is 11.2. The van der Waals surface area contributed by atoms with Gasteiger partial charge in [0.15, 0.2) is 5.96 Å². The highest BCUT2D eigenvalue weighted by Crippen LogP contribution is 2.28. The van der Waals surface area contributed by atoms with E-state index in [1.807, 2.05) is 12.1 Å². The fourth-order valence-electron chi connectivity index (χ4n) is 4.33. The molecule has 0 amide bonds. The van der Waals surface area contributed by atoms with Crippen molar-refractivity contribution >= 4 is 35.6 Å². The topological polar surface area (TPSA) is 46.6 Å². The highest BCUT2D eigenvalue weighted by atomic mass is 127. The Balaban J connectivity index is 0.00000341. The number of aliphatic imine (C=N–C) groups is 1. The van der Waals surface area contributed by atoms with E-state index in [1.165, 1.54) is 18.8 Å². The van der Waals surface area contributed by atoms with Gasteiger partial charge >= 0.3 is 0 Å². The van der Waals surface area contributed by atoms with E-state index in [9.17, 15) is 0 Å². The van der Waals surface area contributed by atoms with Crippen molar-refractivity contribution in [3.8, 4) is 5.75 Å². The smallest absolute Gasteiger partial charge is 0.194 e. The molecule has 1 N–H and O–H groups in total. The summed E-state index contributed by atoms with van der Waals surface area (Å²) < 4.78 is 5.55. The lowest BCUT2D eigenvalue weighted by molar-refractivity contribution is 0.109. The number of benzene rings is 1. The number of halogens is 1. The summed E-state index contributed by atoms with van der Waals surface area (Å²) in [4.78, 5) is 14.9. The van der Waals surface area contributed by atoms with Crippen LogP contribution in [-0.2, 0) is 0 Å². The van der Waals surface area contributed by atoms with Crippen molar-refractivity contribution in [2.24, 2.45) is 4.99 Å². The minimum Gasteiger partial charge on any atom is -0.495 e. The SMILES string of the molecule is CCNC(=NCC(C)N1CCN(CC)CC1)N1CCN(c2ccccc2OC)CC1.I. The zero-order valence-electron chi connectivity index (χ0n) is 19.7. The standard InChI is InChI=1S/C23H40N6O.HI/c1-5-24-23(25-19-20(3)27-13-11-26(6-2)12-14-27)29-17-15-28(16-18-29)21-9-7-8-10-22(21)30-4;/h7-10,20H,5-6,11-19H2,1-4H3,(H,24,25);1H. The molecule has 2 aliphatic heterocycles. The van der Waals surface area contributed by atoms with E-state index in [0.29, 0.717) is 6.04 Å². The first-order chi connectivity index (χ1) is 14.7. The third-order valence-corrected chi connectivity index (χ3v) is 6.32. The zero-order valence-corrected chi connectivity index (χ0v) is 22.0. The molecule has 2 saturated heterocycles. The molecule has 2 aliphatic rings. The number of nitrogens with zero attached hydrogens (tertiary/aromatic N) is 5. The van der Waals surface area contributed by atoms with Crippen molar-refractivity contribution in [3.63, 3.8) is 0 Å². The van der Waals surface area contributed by atoms with Crippen molar-refractivity contribution in [3.05, 3.63) is 24.3 Å². The molecule has 2 fully saturated rings. The molecule has 0 spiro atoms. The molecule has 1 atom stereocenters. The van der Waals surface area contributed by atoms with Crippen molar-refractivity contribution in [2.45, 2.75) is 26.8 Å². The summed E-state index contributed by atoms with van der Waals surface area (Å²) >= 11 is 0. The van der Waals surface area contributed by atoms with Crippen LogP contribution in [-0.4, -0.2) is 106 Å². The molecule has 0 saturated carbocycles. The van der Waals surface area contributed by atoms with Gasteiger partial charge in [0, 0.05) is 64.9 Å². The molecule has 1 unspecified atom stereocenters. The number of methoxy groups -OCH3 is 1. The van der Waals surface area contributed by atoms with Gasteiger partial charge in [0.25, 0.3) is 0 Å². The molecule has 1 aromatic rings. The molecule has 0 aromatic heterocycles. The van der Waals surface area contributed by atoms with E-state index in [-0.39, 0.29) is 24.0 Å². The quantitative estimate of drug-likeness (QED) is 0.324. The zero-order chi connectivity index (χ0) is 21.3. The van der Waals surface area contributed by atoms with Gasteiger partial charge in [-0.15, -0.1) is 24.0 Å². The third kappa shape index (κ3) is 7.12. The van der Waals surface area contributed by atoms with E-state index in [4.69, 9.17) is 9.73 Å². The van der Waals surface area contributed by atoms with Crippen molar-refractivity contribution in [1.29, 1.82) is 0 Å². The number of rotatable bonds is 7. The summed E-state index contributed by atoms with van der Waals surface area (Å²) in [6, 6.07) is 8.77. The molecule has 2 heterocycles. The molecule has 8 heteroatoms. The predicted molar refractivity (Wildman–Crippen MR) is 141 cm³/mol. The predicted octanol–water partition coefficient (Wildman–Crippen LogP) is 2.43. The maximum Gasteiger partial charge on any atom is 0.194 e. The first-order valence-corrected chi connectivity index (χ1v) is 11.5. The number of hydrogen-bond donors (Lipinski definition) is 1. The summed E-state index contributed by atoms with van der Waals surface area (Å²) in [6.45, 7) is 18.1. The lowest BCUT2D eigenvalue weighted by Crippen LogP contribution is -2.53. The summed E-state index contributed by atoms with van der Waals surface area (Å²) in [6.07, 6.45) is 0. The van der Waals surface area contributed by atoms with Crippen LogP contribution in [0.3, 0.4) is 0 Å². The Morgan fingerprint density at radius 2 is 1.71 bits per heavy atom. The molecule has 3 rings (SSSR count). The van der Waals surface area contributed by atoms with Crippen LogP contribution in [0, 0.1) is 0 Å². The average molecular weight is 545 g/mol. The van der Waals surface area contributed by atoms with Gasteiger partial charge in [-0.05, 0) is 32.5 Å². The second kappa shape index (κ2) is 13.3. The molecule has 0 bridgehead atoms. The van der Waals surface area contributed by atoms with E-state index in [1.54, 1.807) is 7.11 Å². The first kappa shape index (κ1) is 26.0. The van der Waals surface area contributed by atoms with Crippen molar-refractivity contribution in [1.82, 2.24) is 20.0 Å². The number of anilines is 1. The van der Waals surface area contributed by atoms with Crippen LogP contribution in [0.5, 0.6) is 5.75 Å².